The number of rotatable bonds is 6. The molecule has 0 aromatic carbocycles. The maximum atomic E-state index is 10.3. The molecule has 4 rings (SSSR count). The van der Waals surface area contributed by atoms with Crippen molar-refractivity contribution in [3.05, 3.63) is 30.0 Å². The van der Waals surface area contributed by atoms with Crippen molar-refractivity contribution >= 4 is 0 Å². The van der Waals surface area contributed by atoms with E-state index in [4.69, 9.17) is 4.42 Å². The third kappa shape index (κ3) is 2.78. The number of likely N-dealkylation sites (tertiary alicyclic amines) is 1. The van der Waals surface area contributed by atoms with Crippen LogP contribution in [-0.4, -0.2) is 42.8 Å². The number of aliphatic hydroxyl groups excluding tert-OH is 1. The van der Waals surface area contributed by atoms with Gasteiger partial charge in [0.15, 0.2) is 5.82 Å². The monoisotopic (exact) mass is 303 g/mol. The molecule has 0 spiro atoms. The summed E-state index contributed by atoms with van der Waals surface area (Å²) in [5, 5.41) is 22.4. The zero-order valence-corrected chi connectivity index (χ0v) is 12.5. The normalized spacial score (nSPS) is 24.0. The van der Waals surface area contributed by atoms with Crippen LogP contribution in [0.1, 0.15) is 55.8 Å². The van der Waals surface area contributed by atoms with Crippen LogP contribution in [0, 0.1) is 0 Å². The summed E-state index contributed by atoms with van der Waals surface area (Å²) < 4.78 is 7.27. The van der Waals surface area contributed by atoms with Gasteiger partial charge in [-0.25, -0.2) is 4.68 Å². The van der Waals surface area contributed by atoms with E-state index in [0.717, 1.165) is 31.8 Å². The minimum absolute atomic E-state index is 0.351. The molecule has 2 unspecified atom stereocenters. The molecular formula is C15H21N5O2. The van der Waals surface area contributed by atoms with Crippen LogP contribution in [-0.2, 0) is 6.54 Å². The number of tetrazole rings is 1. The highest BCUT2D eigenvalue weighted by molar-refractivity contribution is 5.03. The van der Waals surface area contributed by atoms with Gasteiger partial charge in [-0.3, -0.25) is 4.90 Å². The van der Waals surface area contributed by atoms with E-state index in [1.165, 1.54) is 12.8 Å². The van der Waals surface area contributed by atoms with Gasteiger partial charge in [0.1, 0.15) is 11.9 Å². The molecule has 1 N–H and O–H groups in total. The van der Waals surface area contributed by atoms with Crippen molar-refractivity contribution < 1.29 is 9.52 Å². The Bertz CT molecular complexity index is 607. The van der Waals surface area contributed by atoms with Gasteiger partial charge in [-0.15, -0.1) is 5.10 Å². The summed E-state index contributed by atoms with van der Waals surface area (Å²) >= 11 is 0. The fourth-order valence-corrected chi connectivity index (χ4v) is 3.33. The maximum absolute atomic E-state index is 10.3. The SMILES string of the molecule is OC(CC1CCCN1Cc1nnnn1C1CC1)c1ccco1. The average Bonchev–Trinajstić information content (AvgIpc) is 2.97. The lowest BCUT2D eigenvalue weighted by atomic mass is 10.1. The van der Waals surface area contributed by atoms with E-state index in [0.29, 0.717) is 24.3 Å². The van der Waals surface area contributed by atoms with Gasteiger partial charge in [-0.1, -0.05) is 0 Å². The lowest BCUT2D eigenvalue weighted by molar-refractivity contribution is 0.0981. The van der Waals surface area contributed by atoms with E-state index in [2.05, 4.69) is 20.4 Å². The number of nitrogens with zero attached hydrogens (tertiary/aromatic N) is 5. The Morgan fingerprint density at radius 1 is 1.36 bits per heavy atom. The lowest BCUT2D eigenvalue weighted by Crippen LogP contribution is -2.31. The predicted molar refractivity (Wildman–Crippen MR) is 77.8 cm³/mol. The molecule has 1 aliphatic heterocycles. The Morgan fingerprint density at radius 2 is 2.27 bits per heavy atom. The van der Waals surface area contributed by atoms with Crippen molar-refractivity contribution in [2.75, 3.05) is 6.54 Å². The van der Waals surface area contributed by atoms with E-state index in [1.54, 1.807) is 6.26 Å². The Morgan fingerprint density at radius 3 is 3.05 bits per heavy atom. The summed E-state index contributed by atoms with van der Waals surface area (Å²) in [7, 11) is 0. The van der Waals surface area contributed by atoms with E-state index in [1.807, 2.05) is 16.8 Å². The smallest absolute Gasteiger partial charge is 0.165 e. The second-order valence-corrected chi connectivity index (χ2v) is 6.30. The van der Waals surface area contributed by atoms with Crippen molar-refractivity contribution in [3.8, 4) is 0 Å². The fraction of sp³-hybridized carbons (Fsp3) is 0.667. The number of aromatic nitrogens is 4. The molecule has 0 bridgehead atoms. The van der Waals surface area contributed by atoms with Crippen LogP contribution >= 0.6 is 0 Å². The van der Waals surface area contributed by atoms with Gasteiger partial charge >= 0.3 is 0 Å². The van der Waals surface area contributed by atoms with Gasteiger partial charge in [0.2, 0.25) is 0 Å². The van der Waals surface area contributed by atoms with Crippen molar-refractivity contribution in [3.63, 3.8) is 0 Å². The molecule has 22 heavy (non-hydrogen) atoms. The number of furan rings is 1. The van der Waals surface area contributed by atoms with Gasteiger partial charge in [0, 0.05) is 6.04 Å². The van der Waals surface area contributed by atoms with Crippen LogP contribution in [0.5, 0.6) is 0 Å². The van der Waals surface area contributed by atoms with Crippen LogP contribution in [0.3, 0.4) is 0 Å². The van der Waals surface area contributed by atoms with Crippen molar-refractivity contribution in [1.82, 2.24) is 25.1 Å². The Kier molecular flexibility index (Phi) is 3.67. The average molecular weight is 303 g/mol. The molecule has 2 aromatic rings. The Hall–Kier alpha value is -1.73. The first-order valence-corrected chi connectivity index (χ1v) is 8.03. The van der Waals surface area contributed by atoms with Gasteiger partial charge < -0.3 is 9.52 Å². The number of hydrogen-bond donors (Lipinski definition) is 1. The molecule has 3 heterocycles. The third-order valence-electron chi connectivity index (χ3n) is 4.66. The zero-order chi connectivity index (χ0) is 14.9. The first-order valence-electron chi connectivity index (χ1n) is 8.03. The summed E-state index contributed by atoms with van der Waals surface area (Å²) in [4.78, 5) is 2.39. The van der Waals surface area contributed by atoms with Crippen LogP contribution < -0.4 is 0 Å². The molecule has 7 nitrogen and oxygen atoms in total. The molecule has 118 valence electrons. The van der Waals surface area contributed by atoms with Crippen molar-refractivity contribution in [1.29, 1.82) is 0 Å². The molecule has 1 saturated heterocycles. The van der Waals surface area contributed by atoms with E-state index < -0.39 is 6.10 Å². The summed E-state index contributed by atoms with van der Waals surface area (Å²) in [6.07, 6.45) is 6.37. The van der Waals surface area contributed by atoms with Crippen molar-refractivity contribution in [2.45, 2.75) is 56.8 Å². The van der Waals surface area contributed by atoms with E-state index in [9.17, 15) is 5.11 Å². The predicted octanol–water partition coefficient (Wildman–Crippen LogP) is 1.69. The second-order valence-electron chi connectivity index (χ2n) is 6.30. The molecule has 2 atom stereocenters. The van der Waals surface area contributed by atoms with Gasteiger partial charge in [0.05, 0.1) is 18.8 Å². The molecule has 1 saturated carbocycles. The Balaban J connectivity index is 1.41. The van der Waals surface area contributed by atoms with Crippen LogP contribution in [0.2, 0.25) is 0 Å². The third-order valence-corrected chi connectivity index (χ3v) is 4.66. The highest BCUT2D eigenvalue weighted by Gasteiger charge is 2.32. The topological polar surface area (TPSA) is 80.2 Å². The molecule has 1 aliphatic carbocycles. The molecule has 2 fully saturated rings. The van der Waals surface area contributed by atoms with Gasteiger partial charge in [0.25, 0.3) is 0 Å². The molecular weight excluding hydrogens is 282 g/mol. The molecule has 7 heteroatoms. The van der Waals surface area contributed by atoms with E-state index in [-0.39, 0.29) is 0 Å². The quantitative estimate of drug-likeness (QED) is 0.874. The minimum Gasteiger partial charge on any atom is -0.467 e. The van der Waals surface area contributed by atoms with E-state index >= 15 is 0 Å². The molecule has 0 radical (unpaired) electrons. The lowest BCUT2D eigenvalue weighted by Gasteiger charge is -2.25. The highest BCUT2D eigenvalue weighted by atomic mass is 16.4. The highest BCUT2D eigenvalue weighted by Crippen LogP contribution is 2.35. The van der Waals surface area contributed by atoms with Gasteiger partial charge in [-0.2, -0.15) is 0 Å². The summed E-state index contributed by atoms with van der Waals surface area (Å²) in [6, 6.07) is 4.50. The minimum atomic E-state index is -0.542. The van der Waals surface area contributed by atoms with Gasteiger partial charge in [-0.05, 0) is 61.2 Å². The van der Waals surface area contributed by atoms with Crippen LogP contribution in [0.15, 0.2) is 22.8 Å². The second kappa shape index (κ2) is 5.81. The molecule has 2 aliphatic rings. The molecule has 0 amide bonds. The largest absolute Gasteiger partial charge is 0.467 e. The maximum Gasteiger partial charge on any atom is 0.165 e. The first-order chi connectivity index (χ1) is 10.8. The van der Waals surface area contributed by atoms with Crippen LogP contribution in [0.4, 0.5) is 0 Å². The summed E-state index contributed by atoms with van der Waals surface area (Å²) in [6.45, 7) is 1.80. The summed E-state index contributed by atoms with van der Waals surface area (Å²) in [5.41, 5.74) is 0. The first kappa shape index (κ1) is 13.9. The number of hydrogen-bond acceptors (Lipinski definition) is 6. The fourth-order valence-electron chi connectivity index (χ4n) is 3.33. The number of aliphatic hydroxyl groups is 1. The standard InChI is InChI=1S/C15H21N5O2/c21-13(14-4-2-8-22-14)9-12-3-1-7-19(12)10-15-16-17-18-20(15)11-5-6-11/h2,4,8,11-13,21H,1,3,5-7,9-10H2. The zero-order valence-electron chi connectivity index (χ0n) is 12.5. The summed E-state index contributed by atoms with van der Waals surface area (Å²) in [5.74, 6) is 1.59. The molecule has 2 aromatic heterocycles. The van der Waals surface area contributed by atoms with Crippen LogP contribution in [0.25, 0.3) is 0 Å². The van der Waals surface area contributed by atoms with Crippen molar-refractivity contribution in [2.24, 2.45) is 0 Å². The Labute approximate surface area is 128 Å².